The lowest BCUT2D eigenvalue weighted by Crippen LogP contribution is -2.23. The van der Waals surface area contributed by atoms with Crippen molar-refractivity contribution in [1.29, 1.82) is 5.41 Å². The van der Waals surface area contributed by atoms with Crippen molar-refractivity contribution in [2.75, 3.05) is 5.32 Å². The highest BCUT2D eigenvalue weighted by Crippen LogP contribution is 2.22. The molecule has 6 nitrogen and oxygen atoms in total. The zero-order valence-electron chi connectivity index (χ0n) is 9.71. The van der Waals surface area contributed by atoms with Crippen LogP contribution in [0.2, 0.25) is 0 Å². The summed E-state index contributed by atoms with van der Waals surface area (Å²) >= 11 is 3.40. The van der Waals surface area contributed by atoms with E-state index >= 15 is 0 Å². The van der Waals surface area contributed by atoms with E-state index in [1.54, 1.807) is 6.07 Å². The number of hydroxylamine groups is 1. The van der Waals surface area contributed by atoms with Gasteiger partial charge < -0.3 is 5.32 Å². The molecule has 0 atom stereocenters. The van der Waals surface area contributed by atoms with Crippen LogP contribution >= 0.6 is 12.6 Å². The monoisotopic (exact) mass is 277 g/mol. The minimum Gasteiger partial charge on any atom is -0.307 e. The highest BCUT2D eigenvalue weighted by molar-refractivity contribution is 7.96. The van der Waals surface area contributed by atoms with E-state index in [-0.39, 0.29) is 6.02 Å². The Labute approximate surface area is 114 Å². The fourth-order valence-electron chi connectivity index (χ4n) is 1.58. The zero-order chi connectivity index (χ0) is 13.7. The van der Waals surface area contributed by atoms with E-state index in [9.17, 15) is 4.79 Å². The first-order valence-corrected chi connectivity index (χ1v) is 5.77. The molecule has 0 heterocycles. The Hall–Kier alpha value is -2.25. The predicted molar refractivity (Wildman–Crippen MR) is 75.0 cm³/mol. The topological polar surface area (TPSA) is 83.4 Å². The van der Waals surface area contributed by atoms with Crippen LogP contribution in [0, 0.1) is 5.41 Å². The van der Waals surface area contributed by atoms with Gasteiger partial charge in [-0.15, -0.1) is 0 Å². The molecule has 0 radical (unpaired) electrons. The number of hydrogen-bond acceptors (Lipinski definition) is 4. The predicted octanol–water partition coefficient (Wildman–Crippen LogP) is 2.69. The summed E-state index contributed by atoms with van der Waals surface area (Å²) in [4.78, 5) is 19.2. The van der Waals surface area contributed by atoms with Crippen LogP contribution in [0.4, 0.5) is 10.5 Å². The highest BCUT2D eigenvalue weighted by atomic mass is 32.1. The number of amidine groups is 1. The Morgan fingerprint density at radius 2 is 1.89 bits per heavy atom. The van der Waals surface area contributed by atoms with E-state index in [1.807, 2.05) is 41.9 Å². The molecule has 0 aliphatic heterocycles. The SMILES string of the molecule is N=C(Nc1cccc2ccccc12)OONC(=O)S. The largest absolute Gasteiger partial charge is 0.326 e. The third-order valence-corrected chi connectivity index (χ3v) is 2.38. The van der Waals surface area contributed by atoms with E-state index < -0.39 is 5.24 Å². The molecule has 0 aliphatic carbocycles. The maximum Gasteiger partial charge on any atom is 0.326 e. The molecule has 2 aromatic rings. The van der Waals surface area contributed by atoms with Crippen LogP contribution in [0.3, 0.4) is 0 Å². The van der Waals surface area contributed by atoms with Crippen molar-refractivity contribution < 1.29 is 14.7 Å². The van der Waals surface area contributed by atoms with Crippen LogP contribution in [-0.2, 0) is 9.88 Å². The summed E-state index contributed by atoms with van der Waals surface area (Å²) in [7, 11) is 0. The van der Waals surface area contributed by atoms with E-state index in [1.165, 1.54) is 0 Å². The first kappa shape index (κ1) is 13.2. The van der Waals surface area contributed by atoms with Crippen molar-refractivity contribution in [1.82, 2.24) is 5.48 Å². The molecule has 0 saturated carbocycles. The van der Waals surface area contributed by atoms with Gasteiger partial charge >= 0.3 is 11.3 Å². The van der Waals surface area contributed by atoms with Gasteiger partial charge in [-0.1, -0.05) is 54.0 Å². The number of thiol groups is 1. The lowest BCUT2D eigenvalue weighted by molar-refractivity contribution is -0.256. The fourth-order valence-corrected chi connectivity index (χ4v) is 1.61. The molecule has 0 aliphatic rings. The standard InChI is InChI=1S/C12H11N3O3S/c13-11(17-18-15-12(16)19)14-10-7-3-5-8-4-1-2-6-9(8)10/h1-7H,(H2,13,14)(H2,15,16,19). The van der Waals surface area contributed by atoms with Gasteiger partial charge in [-0.25, -0.2) is 5.41 Å². The van der Waals surface area contributed by atoms with Gasteiger partial charge in [0, 0.05) is 5.39 Å². The average Bonchev–Trinajstić information content (AvgIpc) is 2.39. The number of rotatable bonds is 3. The Bertz CT molecular complexity index is 613. The third kappa shape index (κ3) is 3.60. The summed E-state index contributed by atoms with van der Waals surface area (Å²) < 4.78 is 0. The second-order valence-corrected chi connectivity index (χ2v) is 3.96. The van der Waals surface area contributed by atoms with Crippen molar-refractivity contribution >= 4 is 40.3 Å². The molecule has 3 N–H and O–H groups in total. The summed E-state index contributed by atoms with van der Waals surface area (Å²) in [6, 6.07) is 13.0. The van der Waals surface area contributed by atoms with Gasteiger partial charge in [-0.3, -0.25) is 9.68 Å². The lowest BCUT2D eigenvalue weighted by Gasteiger charge is -2.09. The van der Waals surface area contributed by atoms with Gasteiger partial charge in [0.25, 0.3) is 0 Å². The Balaban J connectivity index is 2.05. The molecule has 0 aromatic heterocycles. The quantitative estimate of drug-likeness (QED) is 0.228. The van der Waals surface area contributed by atoms with Crippen LogP contribution < -0.4 is 10.8 Å². The lowest BCUT2D eigenvalue weighted by atomic mass is 10.1. The van der Waals surface area contributed by atoms with E-state index in [0.29, 0.717) is 5.69 Å². The number of fused-ring (bicyclic) bond motifs is 1. The first-order valence-electron chi connectivity index (χ1n) is 5.32. The van der Waals surface area contributed by atoms with Gasteiger partial charge in [0.2, 0.25) is 0 Å². The van der Waals surface area contributed by atoms with Crippen molar-refractivity contribution in [2.24, 2.45) is 0 Å². The van der Waals surface area contributed by atoms with Crippen molar-refractivity contribution in [3.63, 3.8) is 0 Å². The second-order valence-electron chi connectivity index (χ2n) is 3.55. The number of anilines is 1. The van der Waals surface area contributed by atoms with Crippen molar-refractivity contribution in [3.8, 4) is 0 Å². The van der Waals surface area contributed by atoms with Crippen LogP contribution in [0.5, 0.6) is 0 Å². The summed E-state index contributed by atoms with van der Waals surface area (Å²) in [5.74, 6) is 0. The minimum atomic E-state index is -0.724. The summed E-state index contributed by atoms with van der Waals surface area (Å²) in [6.45, 7) is 0. The maximum absolute atomic E-state index is 10.4. The molecule has 0 saturated heterocycles. The minimum absolute atomic E-state index is 0.363. The molecule has 2 rings (SSSR count). The molecular formula is C12H11N3O3S. The van der Waals surface area contributed by atoms with Crippen LogP contribution in [0.25, 0.3) is 10.8 Å². The Morgan fingerprint density at radius 3 is 2.68 bits per heavy atom. The van der Waals surface area contributed by atoms with Crippen molar-refractivity contribution in [2.45, 2.75) is 0 Å². The average molecular weight is 277 g/mol. The third-order valence-electron chi connectivity index (χ3n) is 2.29. The Morgan fingerprint density at radius 1 is 1.16 bits per heavy atom. The van der Waals surface area contributed by atoms with Gasteiger partial charge in [-0.05, 0) is 11.5 Å². The van der Waals surface area contributed by atoms with Gasteiger partial charge in [0.15, 0.2) is 0 Å². The number of carbonyl (C=O) groups excluding carboxylic acids is 1. The van der Waals surface area contributed by atoms with Crippen LogP contribution in [0.1, 0.15) is 0 Å². The molecular weight excluding hydrogens is 266 g/mol. The summed E-state index contributed by atoms with van der Waals surface area (Å²) in [5.41, 5.74) is 2.52. The normalized spacial score (nSPS) is 9.95. The molecule has 98 valence electrons. The summed E-state index contributed by atoms with van der Waals surface area (Å²) in [5, 5.41) is 11.5. The van der Waals surface area contributed by atoms with Crippen molar-refractivity contribution in [3.05, 3.63) is 42.5 Å². The van der Waals surface area contributed by atoms with Crippen LogP contribution in [-0.4, -0.2) is 11.3 Å². The molecule has 7 heteroatoms. The fraction of sp³-hybridized carbons (Fsp3) is 0. The molecule has 0 spiro atoms. The van der Waals surface area contributed by atoms with E-state index in [0.717, 1.165) is 10.8 Å². The second kappa shape index (κ2) is 6.07. The maximum atomic E-state index is 10.4. The number of hydrogen-bond donors (Lipinski definition) is 4. The molecule has 0 fully saturated rings. The first-order chi connectivity index (χ1) is 9.16. The number of nitrogens with one attached hydrogen (secondary N) is 3. The smallest absolute Gasteiger partial charge is 0.307 e. The highest BCUT2D eigenvalue weighted by Gasteiger charge is 2.04. The van der Waals surface area contributed by atoms with Gasteiger partial charge in [0.05, 0.1) is 5.69 Å². The van der Waals surface area contributed by atoms with Crippen LogP contribution in [0.15, 0.2) is 42.5 Å². The Kier molecular flexibility index (Phi) is 4.22. The number of benzene rings is 2. The molecule has 0 bridgehead atoms. The van der Waals surface area contributed by atoms with Gasteiger partial charge in [0.1, 0.15) is 0 Å². The van der Waals surface area contributed by atoms with Gasteiger partial charge in [-0.2, -0.15) is 5.48 Å². The molecule has 2 aromatic carbocycles. The number of amides is 1. The summed E-state index contributed by atoms with van der Waals surface area (Å²) in [6.07, 6.45) is 0. The molecule has 0 unspecified atom stereocenters. The zero-order valence-corrected chi connectivity index (χ0v) is 10.6. The van der Waals surface area contributed by atoms with E-state index in [4.69, 9.17) is 5.41 Å². The molecule has 1 amide bonds. The van der Waals surface area contributed by atoms with E-state index in [2.05, 4.69) is 27.8 Å². The molecule has 19 heavy (non-hydrogen) atoms. The number of carbonyl (C=O) groups is 1.